The molecule has 1 aromatic carbocycles. The van der Waals surface area contributed by atoms with E-state index in [2.05, 4.69) is 15.6 Å². The largest absolute Gasteiger partial charge is 0.383 e. The first kappa shape index (κ1) is 15.8. The van der Waals surface area contributed by atoms with E-state index < -0.39 is 0 Å². The van der Waals surface area contributed by atoms with Crippen LogP contribution in [0, 0.1) is 0 Å². The van der Waals surface area contributed by atoms with Crippen LogP contribution in [0.4, 0.5) is 0 Å². The maximum absolute atomic E-state index is 11.9. The van der Waals surface area contributed by atoms with Crippen LogP contribution in [0.3, 0.4) is 0 Å². The molecule has 0 aliphatic rings. The molecule has 0 saturated heterocycles. The van der Waals surface area contributed by atoms with Crippen molar-refractivity contribution in [3.05, 3.63) is 36.0 Å². The molecule has 22 heavy (non-hydrogen) atoms. The van der Waals surface area contributed by atoms with E-state index in [1.165, 1.54) is 11.6 Å². The zero-order valence-electron chi connectivity index (χ0n) is 12.6. The van der Waals surface area contributed by atoms with Crippen LogP contribution in [-0.4, -0.2) is 46.9 Å². The molecule has 7 heteroatoms. The van der Waals surface area contributed by atoms with E-state index in [0.717, 1.165) is 5.56 Å². The molecule has 0 aliphatic carbocycles. The summed E-state index contributed by atoms with van der Waals surface area (Å²) < 4.78 is 6.32. The summed E-state index contributed by atoms with van der Waals surface area (Å²) >= 11 is 0. The van der Waals surface area contributed by atoms with E-state index in [4.69, 9.17) is 4.74 Å². The second-order valence-corrected chi connectivity index (χ2v) is 4.71. The van der Waals surface area contributed by atoms with Crippen molar-refractivity contribution in [2.75, 3.05) is 20.3 Å². The van der Waals surface area contributed by atoms with Gasteiger partial charge in [-0.1, -0.05) is 35.5 Å². The van der Waals surface area contributed by atoms with Crippen molar-refractivity contribution in [2.45, 2.75) is 13.5 Å². The zero-order valence-corrected chi connectivity index (χ0v) is 12.6. The lowest BCUT2D eigenvalue weighted by molar-refractivity contribution is -0.122. The Morgan fingerprint density at radius 1 is 1.27 bits per heavy atom. The minimum absolute atomic E-state index is 0.00573. The Kier molecular flexibility index (Phi) is 5.37. The summed E-state index contributed by atoms with van der Waals surface area (Å²) in [5, 5.41) is 10.5. The maximum Gasteiger partial charge on any atom is 0.241 e. The Bertz CT molecular complexity index is 652. The first-order valence-corrected chi connectivity index (χ1v) is 6.89. The molecule has 0 unspecified atom stereocenters. The number of nitrogens with zero attached hydrogens (tertiary/aromatic N) is 3. The van der Waals surface area contributed by atoms with Gasteiger partial charge in [0.25, 0.3) is 0 Å². The molecule has 7 nitrogen and oxygen atoms in total. The fourth-order valence-electron chi connectivity index (χ4n) is 2.03. The third-order valence-electron chi connectivity index (χ3n) is 3.04. The number of ketones is 1. The minimum atomic E-state index is -0.214. The van der Waals surface area contributed by atoms with Crippen molar-refractivity contribution in [3.8, 4) is 11.3 Å². The fraction of sp³-hybridized carbons (Fsp3) is 0.333. The van der Waals surface area contributed by atoms with E-state index in [-0.39, 0.29) is 23.9 Å². The van der Waals surface area contributed by atoms with Crippen LogP contribution in [0.1, 0.15) is 17.4 Å². The van der Waals surface area contributed by atoms with Crippen molar-refractivity contribution in [1.29, 1.82) is 0 Å². The number of Topliss-reactive ketones (excluding diaryl/α,β-unsaturated/α-hetero) is 1. The number of ether oxygens (including phenoxy) is 1. The molecular formula is C15H18N4O3. The summed E-state index contributed by atoms with van der Waals surface area (Å²) in [5.41, 5.74) is 1.60. The van der Waals surface area contributed by atoms with Crippen LogP contribution in [0.2, 0.25) is 0 Å². The first-order chi connectivity index (χ1) is 10.6. The molecule has 0 aliphatic heterocycles. The van der Waals surface area contributed by atoms with Gasteiger partial charge in [0.2, 0.25) is 5.91 Å². The molecule has 1 amide bonds. The molecule has 0 fully saturated rings. The summed E-state index contributed by atoms with van der Waals surface area (Å²) in [6.45, 7) is 2.28. The molecule has 0 bridgehead atoms. The van der Waals surface area contributed by atoms with Crippen LogP contribution in [-0.2, 0) is 16.1 Å². The number of hydrogen-bond acceptors (Lipinski definition) is 5. The number of rotatable bonds is 7. The predicted molar refractivity (Wildman–Crippen MR) is 80.3 cm³/mol. The molecule has 0 atom stereocenters. The Labute approximate surface area is 128 Å². The molecule has 0 saturated carbocycles. The maximum atomic E-state index is 11.9. The van der Waals surface area contributed by atoms with Gasteiger partial charge in [0.05, 0.1) is 6.61 Å². The van der Waals surface area contributed by atoms with Gasteiger partial charge in [0.1, 0.15) is 12.2 Å². The van der Waals surface area contributed by atoms with Gasteiger partial charge in [0, 0.05) is 26.1 Å². The minimum Gasteiger partial charge on any atom is -0.383 e. The molecule has 2 rings (SSSR count). The van der Waals surface area contributed by atoms with Gasteiger partial charge < -0.3 is 10.1 Å². The number of methoxy groups -OCH3 is 1. The lowest BCUT2D eigenvalue weighted by Gasteiger charge is -2.08. The fourth-order valence-corrected chi connectivity index (χ4v) is 2.03. The summed E-state index contributed by atoms with van der Waals surface area (Å²) in [6.07, 6.45) is 0. The summed E-state index contributed by atoms with van der Waals surface area (Å²) in [5.74, 6) is -0.404. The van der Waals surface area contributed by atoms with Crippen LogP contribution in [0.25, 0.3) is 11.3 Å². The summed E-state index contributed by atoms with van der Waals surface area (Å²) in [6, 6.07) is 9.29. The van der Waals surface area contributed by atoms with Crippen molar-refractivity contribution >= 4 is 11.7 Å². The van der Waals surface area contributed by atoms with Crippen molar-refractivity contribution in [3.63, 3.8) is 0 Å². The Hall–Kier alpha value is -2.54. The molecule has 2 aromatic rings. The van der Waals surface area contributed by atoms with Crippen LogP contribution < -0.4 is 5.32 Å². The standard InChI is InChI=1S/C15H18N4O3/c1-11(20)14-15(12-6-4-3-5-7-12)19(18-17-14)10-13(21)16-8-9-22-2/h3-7H,8-10H2,1-2H3,(H,16,21). The Morgan fingerprint density at radius 2 is 2.00 bits per heavy atom. The van der Waals surface area contributed by atoms with Crippen molar-refractivity contribution in [1.82, 2.24) is 20.3 Å². The lowest BCUT2D eigenvalue weighted by atomic mass is 10.1. The van der Waals surface area contributed by atoms with Gasteiger partial charge in [-0.25, -0.2) is 4.68 Å². The lowest BCUT2D eigenvalue weighted by Crippen LogP contribution is -2.31. The van der Waals surface area contributed by atoms with Gasteiger partial charge in [-0.2, -0.15) is 0 Å². The summed E-state index contributed by atoms with van der Waals surface area (Å²) in [7, 11) is 1.57. The Morgan fingerprint density at radius 3 is 2.64 bits per heavy atom. The van der Waals surface area contributed by atoms with Crippen LogP contribution in [0.15, 0.2) is 30.3 Å². The summed E-state index contributed by atoms with van der Waals surface area (Å²) in [4.78, 5) is 23.6. The monoisotopic (exact) mass is 302 g/mol. The highest BCUT2D eigenvalue weighted by Crippen LogP contribution is 2.22. The number of benzene rings is 1. The number of hydrogen-bond donors (Lipinski definition) is 1. The second-order valence-electron chi connectivity index (χ2n) is 4.71. The average Bonchev–Trinajstić information content (AvgIpc) is 2.92. The smallest absolute Gasteiger partial charge is 0.241 e. The number of amides is 1. The topological polar surface area (TPSA) is 86.1 Å². The van der Waals surface area contributed by atoms with E-state index >= 15 is 0 Å². The second kappa shape index (κ2) is 7.46. The highest BCUT2D eigenvalue weighted by molar-refractivity contribution is 5.98. The van der Waals surface area contributed by atoms with Gasteiger partial charge in [-0.15, -0.1) is 5.10 Å². The number of carbonyl (C=O) groups excluding carboxylic acids is 2. The zero-order chi connectivity index (χ0) is 15.9. The number of carbonyl (C=O) groups is 2. The third kappa shape index (κ3) is 3.76. The highest BCUT2D eigenvalue weighted by atomic mass is 16.5. The first-order valence-electron chi connectivity index (χ1n) is 6.89. The van der Waals surface area contributed by atoms with Gasteiger partial charge in [-0.3, -0.25) is 9.59 Å². The average molecular weight is 302 g/mol. The molecular weight excluding hydrogens is 284 g/mol. The van der Waals surface area contributed by atoms with E-state index in [1.54, 1.807) is 7.11 Å². The molecule has 1 N–H and O–H groups in total. The SMILES string of the molecule is COCCNC(=O)Cn1nnc(C(C)=O)c1-c1ccccc1. The third-order valence-corrected chi connectivity index (χ3v) is 3.04. The number of nitrogens with one attached hydrogen (secondary N) is 1. The normalized spacial score (nSPS) is 10.5. The van der Waals surface area contributed by atoms with Crippen LogP contribution >= 0.6 is 0 Å². The van der Waals surface area contributed by atoms with Crippen molar-refractivity contribution < 1.29 is 14.3 Å². The highest BCUT2D eigenvalue weighted by Gasteiger charge is 2.19. The van der Waals surface area contributed by atoms with Gasteiger partial charge in [0.15, 0.2) is 11.5 Å². The van der Waals surface area contributed by atoms with E-state index in [0.29, 0.717) is 18.8 Å². The predicted octanol–water partition coefficient (Wildman–Crippen LogP) is 0.910. The van der Waals surface area contributed by atoms with E-state index in [9.17, 15) is 9.59 Å². The number of aromatic nitrogens is 3. The Balaban J connectivity index is 2.25. The molecule has 1 heterocycles. The van der Waals surface area contributed by atoms with Crippen LogP contribution in [0.5, 0.6) is 0 Å². The van der Waals surface area contributed by atoms with Crippen molar-refractivity contribution in [2.24, 2.45) is 0 Å². The van der Waals surface area contributed by atoms with Gasteiger partial charge in [-0.05, 0) is 0 Å². The molecule has 116 valence electrons. The van der Waals surface area contributed by atoms with E-state index in [1.807, 2.05) is 30.3 Å². The molecule has 0 spiro atoms. The molecule has 0 radical (unpaired) electrons. The van der Waals surface area contributed by atoms with Gasteiger partial charge >= 0.3 is 0 Å². The molecule has 1 aromatic heterocycles. The quantitative estimate of drug-likeness (QED) is 0.607.